The molecule has 1 atom stereocenters. The maximum atomic E-state index is 10.0. The predicted molar refractivity (Wildman–Crippen MR) is 43.3 cm³/mol. The Kier molecular flexibility index (Phi) is 6.41. The normalized spacial score (nSPS) is 12.5. The summed E-state index contributed by atoms with van der Waals surface area (Å²) < 4.78 is 9.94. The molecule has 5 heteroatoms. The van der Waals surface area contributed by atoms with Gasteiger partial charge in [-0.05, 0) is 6.92 Å². The predicted octanol–water partition coefficient (Wildman–Crippen LogP) is 0.306. The summed E-state index contributed by atoms with van der Waals surface area (Å²) in [4.78, 5) is 10.0. The van der Waals surface area contributed by atoms with E-state index in [0.717, 1.165) is 0 Å². The molecule has 0 rings (SSSR count). The van der Waals surface area contributed by atoms with Crippen LogP contribution in [0.3, 0.4) is 0 Å². The van der Waals surface area contributed by atoms with Crippen molar-refractivity contribution in [2.75, 3.05) is 26.9 Å². The first-order valence-corrected chi connectivity index (χ1v) is 3.74. The molecule has 0 aliphatic carbocycles. The molecule has 5 nitrogen and oxygen atoms in total. The summed E-state index contributed by atoms with van der Waals surface area (Å²) >= 11 is 0. The lowest BCUT2D eigenvalue weighted by molar-refractivity contribution is 0.0270. The van der Waals surface area contributed by atoms with Crippen LogP contribution in [0.2, 0.25) is 0 Å². The van der Waals surface area contributed by atoms with Crippen LogP contribution in [0.5, 0.6) is 0 Å². The second-order valence-electron chi connectivity index (χ2n) is 2.36. The van der Waals surface area contributed by atoms with Crippen LogP contribution in [0.4, 0.5) is 4.79 Å². The fourth-order valence-electron chi connectivity index (χ4n) is 0.623. The Balaban J connectivity index is 3.21. The van der Waals surface area contributed by atoms with Crippen LogP contribution in [0, 0.1) is 0 Å². The molecular weight excluding hydrogens is 162 g/mol. The van der Waals surface area contributed by atoms with Crippen molar-refractivity contribution in [3.05, 3.63) is 0 Å². The van der Waals surface area contributed by atoms with Crippen molar-refractivity contribution in [3.63, 3.8) is 0 Å². The van der Waals surface area contributed by atoms with Crippen LogP contribution in [-0.2, 0) is 9.47 Å². The van der Waals surface area contributed by atoms with E-state index in [1.807, 2.05) is 0 Å². The molecule has 0 aromatic rings. The Hall–Kier alpha value is -0.810. The van der Waals surface area contributed by atoms with E-state index in [2.05, 4.69) is 5.32 Å². The van der Waals surface area contributed by atoms with Crippen molar-refractivity contribution in [2.24, 2.45) is 0 Å². The van der Waals surface area contributed by atoms with Crippen LogP contribution in [0.1, 0.15) is 6.92 Å². The third-order valence-corrected chi connectivity index (χ3v) is 1.23. The van der Waals surface area contributed by atoms with Gasteiger partial charge in [-0.1, -0.05) is 0 Å². The van der Waals surface area contributed by atoms with E-state index < -0.39 is 6.09 Å². The summed E-state index contributed by atoms with van der Waals surface area (Å²) in [7, 11) is 1.59. The topological polar surface area (TPSA) is 67.8 Å². The summed E-state index contributed by atoms with van der Waals surface area (Å²) in [5.74, 6) is 0. The van der Waals surface area contributed by atoms with Crippen molar-refractivity contribution in [2.45, 2.75) is 13.0 Å². The van der Waals surface area contributed by atoms with E-state index in [0.29, 0.717) is 19.8 Å². The fraction of sp³-hybridized carbons (Fsp3) is 0.857. The van der Waals surface area contributed by atoms with Gasteiger partial charge in [0.25, 0.3) is 0 Å². The van der Waals surface area contributed by atoms with Gasteiger partial charge in [-0.2, -0.15) is 0 Å². The number of hydrogen-bond donors (Lipinski definition) is 2. The Morgan fingerprint density at radius 3 is 2.75 bits per heavy atom. The summed E-state index contributed by atoms with van der Waals surface area (Å²) in [6, 6.07) is 0. The molecule has 0 heterocycles. The highest BCUT2D eigenvalue weighted by molar-refractivity contribution is 5.64. The Bertz CT molecular complexity index is 129. The largest absolute Gasteiger partial charge is 0.465 e. The minimum Gasteiger partial charge on any atom is -0.465 e. The van der Waals surface area contributed by atoms with Crippen LogP contribution in [-0.4, -0.2) is 44.2 Å². The van der Waals surface area contributed by atoms with Crippen molar-refractivity contribution in [1.29, 1.82) is 0 Å². The molecule has 0 aliphatic heterocycles. The lowest BCUT2D eigenvalue weighted by atomic mass is 10.4. The first kappa shape index (κ1) is 11.2. The zero-order chi connectivity index (χ0) is 9.40. The molecule has 0 saturated carbocycles. The molecule has 0 bridgehead atoms. The van der Waals surface area contributed by atoms with Gasteiger partial charge in [0.05, 0.1) is 19.3 Å². The van der Waals surface area contributed by atoms with E-state index in [1.54, 1.807) is 14.0 Å². The molecular formula is C7H15NO4. The molecule has 0 saturated heterocycles. The molecule has 0 radical (unpaired) electrons. The molecule has 0 aromatic carbocycles. The van der Waals surface area contributed by atoms with Crippen LogP contribution in [0.15, 0.2) is 0 Å². The number of carbonyl (C=O) groups is 1. The van der Waals surface area contributed by atoms with E-state index in [9.17, 15) is 4.79 Å². The second-order valence-corrected chi connectivity index (χ2v) is 2.36. The summed E-state index contributed by atoms with van der Waals surface area (Å²) in [5, 5.41) is 10.5. The van der Waals surface area contributed by atoms with Crippen molar-refractivity contribution >= 4 is 6.09 Å². The fourth-order valence-corrected chi connectivity index (χ4v) is 0.623. The minimum absolute atomic E-state index is 0.115. The smallest absolute Gasteiger partial charge is 0.404 e. The molecule has 12 heavy (non-hydrogen) atoms. The third kappa shape index (κ3) is 7.30. The van der Waals surface area contributed by atoms with Crippen molar-refractivity contribution < 1.29 is 19.4 Å². The monoisotopic (exact) mass is 177 g/mol. The zero-order valence-corrected chi connectivity index (χ0v) is 7.37. The minimum atomic E-state index is -1.03. The lowest BCUT2D eigenvalue weighted by Crippen LogP contribution is -2.31. The van der Waals surface area contributed by atoms with E-state index in [-0.39, 0.29) is 6.10 Å². The van der Waals surface area contributed by atoms with Gasteiger partial charge in [0, 0.05) is 13.7 Å². The van der Waals surface area contributed by atoms with Gasteiger partial charge < -0.3 is 19.9 Å². The number of methoxy groups -OCH3 is 1. The number of nitrogens with one attached hydrogen (secondary N) is 1. The van der Waals surface area contributed by atoms with Crippen LogP contribution < -0.4 is 5.32 Å². The van der Waals surface area contributed by atoms with Gasteiger partial charge in [0.2, 0.25) is 0 Å². The molecule has 0 aliphatic rings. The van der Waals surface area contributed by atoms with Gasteiger partial charge in [-0.25, -0.2) is 4.79 Å². The number of ether oxygens (including phenoxy) is 2. The van der Waals surface area contributed by atoms with Crippen molar-refractivity contribution in [1.82, 2.24) is 5.32 Å². The molecule has 0 aromatic heterocycles. The molecule has 0 fully saturated rings. The second kappa shape index (κ2) is 6.87. The van der Waals surface area contributed by atoms with E-state index in [1.165, 1.54) is 0 Å². The maximum Gasteiger partial charge on any atom is 0.404 e. The summed E-state index contributed by atoms with van der Waals surface area (Å²) in [6.45, 7) is 3.11. The molecule has 72 valence electrons. The van der Waals surface area contributed by atoms with Gasteiger partial charge in [-0.15, -0.1) is 0 Å². The van der Waals surface area contributed by atoms with Gasteiger partial charge in [0.1, 0.15) is 0 Å². The van der Waals surface area contributed by atoms with Crippen LogP contribution >= 0.6 is 0 Å². The first-order valence-electron chi connectivity index (χ1n) is 3.74. The van der Waals surface area contributed by atoms with Gasteiger partial charge in [-0.3, -0.25) is 0 Å². The Morgan fingerprint density at radius 2 is 2.25 bits per heavy atom. The number of hydrogen-bond acceptors (Lipinski definition) is 3. The highest BCUT2D eigenvalue weighted by Gasteiger charge is 2.02. The third-order valence-electron chi connectivity index (χ3n) is 1.23. The summed E-state index contributed by atoms with van der Waals surface area (Å²) in [6.07, 6.45) is -1.14. The standard InChI is InChI=1S/C7H15NO4/c1-6(5-8-7(9)10)12-4-3-11-2/h6,8H,3-5H2,1-2H3,(H,9,10). The molecule has 1 unspecified atom stereocenters. The maximum absolute atomic E-state index is 10.0. The van der Waals surface area contributed by atoms with E-state index >= 15 is 0 Å². The number of rotatable bonds is 6. The van der Waals surface area contributed by atoms with Gasteiger partial charge >= 0.3 is 6.09 Å². The highest BCUT2D eigenvalue weighted by Crippen LogP contribution is 1.87. The van der Waals surface area contributed by atoms with Crippen molar-refractivity contribution in [3.8, 4) is 0 Å². The number of amides is 1. The van der Waals surface area contributed by atoms with Gasteiger partial charge in [0.15, 0.2) is 0 Å². The Labute approximate surface area is 71.7 Å². The van der Waals surface area contributed by atoms with Crippen LogP contribution in [0.25, 0.3) is 0 Å². The molecule has 2 N–H and O–H groups in total. The zero-order valence-electron chi connectivity index (χ0n) is 7.37. The molecule has 0 spiro atoms. The quantitative estimate of drug-likeness (QED) is 0.573. The summed E-state index contributed by atoms with van der Waals surface area (Å²) in [5.41, 5.74) is 0. The lowest BCUT2D eigenvalue weighted by Gasteiger charge is -2.11. The highest BCUT2D eigenvalue weighted by atomic mass is 16.5. The van der Waals surface area contributed by atoms with E-state index in [4.69, 9.17) is 14.6 Å². The average molecular weight is 177 g/mol. The number of carboxylic acid groups (broad SMARTS) is 1. The Morgan fingerprint density at radius 1 is 1.58 bits per heavy atom. The SMILES string of the molecule is COCCOC(C)CNC(=O)O. The molecule has 1 amide bonds. The average Bonchev–Trinajstić information content (AvgIpc) is 2.01. The first-order chi connectivity index (χ1) is 5.66.